The van der Waals surface area contributed by atoms with Gasteiger partial charge in [-0.25, -0.2) is 19.3 Å². The largest absolute Gasteiger partial charge is 0.573 e. The number of halogens is 4. The van der Waals surface area contributed by atoms with Gasteiger partial charge in [-0.15, -0.1) is 18.3 Å². The summed E-state index contributed by atoms with van der Waals surface area (Å²) in [5, 5.41) is 5.10. The molecule has 0 saturated heterocycles. The molecule has 3 aromatic carbocycles. The lowest BCUT2D eigenvalue weighted by Gasteiger charge is -2.27. The van der Waals surface area contributed by atoms with Crippen LogP contribution in [0.5, 0.6) is 17.4 Å². The Bertz CT molecular complexity index is 1990. The number of ether oxygens (including phenoxy) is 2. The molecule has 4 heterocycles. The van der Waals surface area contributed by atoms with Crippen molar-refractivity contribution >= 4 is 32.5 Å². The highest BCUT2D eigenvalue weighted by Crippen LogP contribution is 2.49. The molecule has 0 aliphatic carbocycles. The first-order valence-electron chi connectivity index (χ1n) is 11.9. The average molecular weight is 607 g/mol. The maximum absolute atomic E-state index is 13.4. The van der Waals surface area contributed by atoms with E-state index >= 15 is 0 Å². The van der Waals surface area contributed by atoms with Crippen LogP contribution in [0.3, 0.4) is 0 Å². The molecular formula is C28H14BrF3N4O4. The average Bonchev–Trinajstić information content (AvgIpc) is 3.37. The van der Waals surface area contributed by atoms with Crippen LogP contribution in [-0.4, -0.2) is 25.9 Å². The van der Waals surface area contributed by atoms with Gasteiger partial charge in [-0.2, -0.15) is 0 Å². The van der Waals surface area contributed by atoms with E-state index in [0.717, 1.165) is 10.0 Å². The summed E-state index contributed by atoms with van der Waals surface area (Å²) in [6, 6.07) is 19.6. The highest BCUT2D eigenvalue weighted by molar-refractivity contribution is 9.10. The van der Waals surface area contributed by atoms with Gasteiger partial charge in [-0.3, -0.25) is 0 Å². The van der Waals surface area contributed by atoms with Crippen molar-refractivity contribution in [3.8, 4) is 28.8 Å². The molecule has 0 radical (unpaired) electrons. The molecule has 198 valence electrons. The molecule has 0 bridgehead atoms. The highest BCUT2D eigenvalue weighted by atomic mass is 79.9. The van der Waals surface area contributed by atoms with Gasteiger partial charge in [-0.05, 0) is 42.0 Å². The van der Waals surface area contributed by atoms with Crippen LogP contribution in [0.25, 0.3) is 28.0 Å². The molecule has 6 aromatic rings. The zero-order valence-corrected chi connectivity index (χ0v) is 21.6. The van der Waals surface area contributed by atoms with E-state index in [1.807, 2.05) is 24.3 Å². The van der Waals surface area contributed by atoms with E-state index in [4.69, 9.17) is 14.1 Å². The number of rotatable bonds is 3. The Hall–Kier alpha value is -4.71. The van der Waals surface area contributed by atoms with Gasteiger partial charge < -0.3 is 13.9 Å². The predicted octanol–water partition coefficient (Wildman–Crippen LogP) is 6.84. The summed E-state index contributed by atoms with van der Waals surface area (Å²) in [6.45, 7) is 0. The van der Waals surface area contributed by atoms with Crippen LogP contribution in [0, 0.1) is 0 Å². The van der Waals surface area contributed by atoms with Gasteiger partial charge in [-0.1, -0.05) is 52.3 Å². The number of aromatic nitrogens is 4. The topological polar surface area (TPSA) is 91.8 Å². The van der Waals surface area contributed by atoms with Gasteiger partial charge in [0, 0.05) is 10.0 Å². The monoisotopic (exact) mass is 606 g/mol. The Balaban J connectivity index is 1.47. The van der Waals surface area contributed by atoms with Crippen molar-refractivity contribution in [1.82, 2.24) is 19.6 Å². The third-order valence-corrected chi connectivity index (χ3v) is 7.04. The molecule has 1 aliphatic rings. The standard InChI is InChI=1S/C28H14BrF3N4O4/c29-16-9-5-15(6-10-16)24-34-25-22-20(14-7-11-17(12-8-14)40-28(30,31)32)21-23(39-26(22)33-13-36(25)35-24)18-3-1-2-4-19(18)38-27(21)37/h1-13,20H. The minimum absolute atomic E-state index is 0.166. The van der Waals surface area contributed by atoms with E-state index in [0.29, 0.717) is 33.6 Å². The quantitative estimate of drug-likeness (QED) is 0.203. The summed E-state index contributed by atoms with van der Waals surface area (Å²) >= 11 is 3.41. The van der Waals surface area contributed by atoms with Crippen molar-refractivity contribution in [3.63, 3.8) is 0 Å². The first-order valence-corrected chi connectivity index (χ1v) is 12.6. The van der Waals surface area contributed by atoms with Gasteiger partial charge in [0.2, 0.25) is 5.88 Å². The SMILES string of the molecule is O=c1oc2ccccc2c2c1C(c1ccc(OC(F)(F)F)cc1)c1c(ncn3nc(-c4ccc(Br)cc4)nc13)O2. The second-order valence-electron chi connectivity index (χ2n) is 8.95. The lowest BCUT2D eigenvalue weighted by molar-refractivity contribution is -0.274. The highest BCUT2D eigenvalue weighted by Gasteiger charge is 2.38. The van der Waals surface area contributed by atoms with Crippen molar-refractivity contribution in [2.24, 2.45) is 0 Å². The smallest absolute Gasteiger partial charge is 0.437 e. The Morgan fingerprint density at radius 3 is 2.45 bits per heavy atom. The van der Waals surface area contributed by atoms with Crippen molar-refractivity contribution in [3.05, 3.63) is 111 Å². The van der Waals surface area contributed by atoms with Crippen LogP contribution in [0.2, 0.25) is 0 Å². The Morgan fingerprint density at radius 1 is 0.950 bits per heavy atom. The van der Waals surface area contributed by atoms with Crippen LogP contribution >= 0.6 is 15.9 Å². The molecule has 12 heteroatoms. The zero-order chi connectivity index (χ0) is 27.6. The molecule has 0 amide bonds. The summed E-state index contributed by atoms with van der Waals surface area (Å²) in [5.74, 6) is -0.398. The summed E-state index contributed by atoms with van der Waals surface area (Å²) in [6.07, 6.45) is -3.39. The van der Waals surface area contributed by atoms with E-state index in [2.05, 4.69) is 30.7 Å². The van der Waals surface area contributed by atoms with E-state index in [1.54, 1.807) is 24.3 Å². The molecule has 1 unspecified atom stereocenters. The van der Waals surface area contributed by atoms with Crippen LogP contribution in [-0.2, 0) is 0 Å². The normalized spacial score (nSPS) is 14.6. The van der Waals surface area contributed by atoms with Crippen molar-refractivity contribution in [2.75, 3.05) is 0 Å². The van der Waals surface area contributed by atoms with Crippen LogP contribution in [0.4, 0.5) is 13.2 Å². The molecule has 0 N–H and O–H groups in total. The number of fused-ring (bicyclic) bond motifs is 6. The maximum Gasteiger partial charge on any atom is 0.573 e. The number of hydrogen-bond acceptors (Lipinski definition) is 7. The number of nitrogens with zero attached hydrogens (tertiary/aromatic N) is 4. The fraction of sp³-hybridized carbons (Fsp3) is 0.0714. The molecule has 0 fully saturated rings. The van der Waals surface area contributed by atoms with Crippen LogP contribution in [0.1, 0.15) is 22.6 Å². The van der Waals surface area contributed by atoms with E-state index in [9.17, 15) is 18.0 Å². The first kappa shape index (κ1) is 24.3. The molecule has 8 nitrogen and oxygen atoms in total. The molecule has 40 heavy (non-hydrogen) atoms. The number of benzene rings is 3. The second kappa shape index (κ2) is 8.91. The third-order valence-electron chi connectivity index (χ3n) is 6.51. The first-order chi connectivity index (χ1) is 19.2. The summed E-state index contributed by atoms with van der Waals surface area (Å²) in [7, 11) is 0. The predicted molar refractivity (Wildman–Crippen MR) is 141 cm³/mol. The molecule has 0 spiro atoms. The molecule has 1 atom stereocenters. The Morgan fingerprint density at radius 2 is 1.70 bits per heavy atom. The summed E-state index contributed by atoms with van der Waals surface area (Å²) < 4.78 is 56.7. The number of para-hydroxylation sites is 1. The molecule has 0 saturated carbocycles. The van der Waals surface area contributed by atoms with Crippen molar-refractivity contribution < 1.29 is 27.1 Å². The van der Waals surface area contributed by atoms with Gasteiger partial charge >= 0.3 is 12.0 Å². The number of hydrogen-bond donors (Lipinski definition) is 0. The molecular weight excluding hydrogens is 593 g/mol. The van der Waals surface area contributed by atoms with Gasteiger partial charge in [0.15, 0.2) is 17.2 Å². The summed E-state index contributed by atoms with van der Waals surface area (Å²) in [4.78, 5) is 22.6. The van der Waals surface area contributed by atoms with Gasteiger partial charge in [0.1, 0.15) is 17.7 Å². The Labute approximate surface area is 230 Å². The van der Waals surface area contributed by atoms with E-state index in [1.165, 1.54) is 35.1 Å². The van der Waals surface area contributed by atoms with E-state index < -0.39 is 23.7 Å². The maximum atomic E-state index is 13.4. The van der Waals surface area contributed by atoms with E-state index in [-0.39, 0.29) is 17.2 Å². The third kappa shape index (κ3) is 4.08. The molecule has 3 aromatic heterocycles. The van der Waals surface area contributed by atoms with Crippen LogP contribution < -0.4 is 15.1 Å². The zero-order valence-electron chi connectivity index (χ0n) is 20.0. The molecule has 1 aliphatic heterocycles. The summed E-state index contributed by atoms with van der Waals surface area (Å²) in [5.41, 5.74) is 1.83. The lowest BCUT2D eigenvalue weighted by Crippen LogP contribution is -2.22. The van der Waals surface area contributed by atoms with Crippen molar-refractivity contribution in [1.29, 1.82) is 0 Å². The molecule has 7 rings (SSSR count). The minimum Gasteiger partial charge on any atom is -0.437 e. The minimum atomic E-state index is -4.85. The van der Waals surface area contributed by atoms with Gasteiger partial charge in [0.05, 0.1) is 22.4 Å². The lowest BCUT2D eigenvalue weighted by atomic mass is 9.84. The Kier molecular flexibility index (Phi) is 5.42. The number of alkyl halides is 3. The van der Waals surface area contributed by atoms with Gasteiger partial charge in [0.25, 0.3) is 0 Å². The second-order valence-corrected chi connectivity index (χ2v) is 9.87. The fourth-order valence-corrected chi connectivity index (χ4v) is 5.11. The van der Waals surface area contributed by atoms with Crippen molar-refractivity contribution in [2.45, 2.75) is 12.3 Å². The fourth-order valence-electron chi connectivity index (χ4n) is 4.85. The van der Waals surface area contributed by atoms with Crippen LogP contribution in [0.15, 0.2) is 92.8 Å².